The summed E-state index contributed by atoms with van der Waals surface area (Å²) in [6, 6.07) is 11.9. The molecule has 1 aliphatic rings. The molecule has 1 amide bonds. The number of carbonyl (C=O) groups excluding carboxylic acids is 1. The first-order valence-corrected chi connectivity index (χ1v) is 8.73. The minimum atomic E-state index is -0.274. The monoisotopic (exact) mass is 340 g/mol. The van der Waals surface area contributed by atoms with Crippen molar-refractivity contribution in [1.29, 1.82) is 0 Å². The first-order valence-electron chi connectivity index (χ1n) is 8.73. The lowest BCUT2D eigenvalue weighted by Gasteiger charge is -2.29. The number of ether oxygens (including phenoxy) is 1. The Hall–Kier alpha value is -2.56. The van der Waals surface area contributed by atoms with Crippen LogP contribution in [-0.4, -0.2) is 35.1 Å². The minimum absolute atomic E-state index is 0.0185. The van der Waals surface area contributed by atoms with E-state index in [4.69, 9.17) is 4.74 Å². The molecular formula is C20H24N2O3. The summed E-state index contributed by atoms with van der Waals surface area (Å²) in [7, 11) is 1.46. The predicted molar refractivity (Wildman–Crippen MR) is 96.9 cm³/mol. The van der Waals surface area contributed by atoms with Crippen LogP contribution >= 0.6 is 0 Å². The molecule has 0 bridgehead atoms. The van der Waals surface area contributed by atoms with E-state index in [1.807, 2.05) is 17.0 Å². The molecule has 5 nitrogen and oxygen atoms in total. The third-order valence-electron chi connectivity index (χ3n) is 4.77. The van der Waals surface area contributed by atoms with Crippen molar-refractivity contribution in [2.24, 2.45) is 0 Å². The number of aromatic nitrogens is 1. The van der Waals surface area contributed by atoms with E-state index in [0.717, 1.165) is 19.3 Å². The Bertz CT molecular complexity index is 788. The van der Waals surface area contributed by atoms with Crippen molar-refractivity contribution in [2.75, 3.05) is 13.7 Å². The minimum Gasteiger partial charge on any atom is -0.491 e. The van der Waals surface area contributed by atoms with E-state index in [0.29, 0.717) is 6.54 Å². The Kier molecular flexibility index (Phi) is 5.22. The number of methoxy groups -OCH3 is 1. The van der Waals surface area contributed by atoms with E-state index in [9.17, 15) is 9.59 Å². The molecule has 1 heterocycles. The van der Waals surface area contributed by atoms with Crippen LogP contribution in [0.2, 0.25) is 0 Å². The summed E-state index contributed by atoms with van der Waals surface area (Å²) in [5.74, 6) is 0.237. The summed E-state index contributed by atoms with van der Waals surface area (Å²) < 4.78 is 6.48. The number of benzene rings is 1. The Morgan fingerprint density at radius 3 is 2.48 bits per heavy atom. The normalized spacial score (nSPS) is 13.5. The molecule has 5 heteroatoms. The molecule has 1 aliphatic carbocycles. The summed E-state index contributed by atoms with van der Waals surface area (Å²) in [4.78, 5) is 27.1. The zero-order chi connectivity index (χ0) is 17.8. The van der Waals surface area contributed by atoms with Gasteiger partial charge in [0.15, 0.2) is 5.75 Å². The van der Waals surface area contributed by atoms with E-state index in [-0.39, 0.29) is 29.8 Å². The Labute approximate surface area is 147 Å². The van der Waals surface area contributed by atoms with Gasteiger partial charge in [0.2, 0.25) is 5.91 Å². The maximum atomic E-state index is 12.9. The van der Waals surface area contributed by atoms with Crippen LogP contribution < -0.4 is 10.3 Å². The number of pyridine rings is 1. The Morgan fingerprint density at radius 2 is 1.88 bits per heavy atom. The molecule has 0 spiro atoms. The molecule has 0 atom stereocenters. The van der Waals surface area contributed by atoms with Crippen LogP contribution in [0.3, 0.4) is 0 Å². The van der Waals surface area contributed by atoms with E-state index < -0.39 is 0 Å². The molecule has 0 aliphatic heterocycles. The Balaban J connectivity index is 1.78. The van der Waals surface area contributed by atoms with Gasteiger partial charge < -0.3 is 14.2 Å². The highest BCUT2D eigenvalue weighted by Crippen LogP contribution is 2.25. The van der Waals surface area contributed by atoms with Crippen LogP contribution in [0.4, 0.5) is 0 Å². The van der Waals surface area contributed by atoms with E-state index in [1.54, 1.807) is 18.3 Å². The van der Waals surface area contributed by atoms with Crippen molar-refractivity contribution in [1.82, 2.24) is 9.47 Å². The second kappa shape index (κ2) is 7.55. The molecular weight excluding hydrogens is 316 g/mol. The predicted octanol–water partition coefficient (Wildman–Crippen LogP) is 2.26. The highest BCUT2D eigenvalue weighted by molar-refractivity contribution is 5.76. The average Bonchev–Trinajstić information content (AvgIpc) is 3.05. The van der Waals surface area contributed by atoms with Crippen molar-refractivity contribution >= 4 is 5.91 Å². The lowest BCUT2D eigenvalue weighted by Crippen LogP contribution is -2.44. The van der Waals surface area contributed by atoms with Crippen molar-refractivity contribution < 1.29 is 9.53 Å². The maximum Gasteiger partial charge on any atom is 0.293 e. The number of fused-ring (bicyclic) bond motifs is 1. The van der Waals surface area contributed by atoms with Gasteiger partial charge in [0.1, 0.15) is 6.54 Å². The van der Waals surface area contributed by atoms with Gasteiger partial charge >= 0.3 is 0 Å². The van der Waals surface area contributed by atoms with Crippen molar-refractivity contribution in [3.05, 3.63) is 64.1 Å². The fourth-order valence-corrected chi connectivity index (χ4v) is 3.54. The van der Waals surface area contributed by atoms with Crippen molar-refractivity contribution in [3.63, 3.8) is 0 Å². The number of hydrogen-bond donors (Lipinski definition) is 0. The molecule has 0 radical (unpaired) electrons. The van der Waals surface area contributed by atoms with Gasteiger partial charge in [-0.25, -0.2) is 0 Å². The molecule has 2 aromatic rings. The molecule has 0 N–H and O–H groups in total. The molecule has 0 unspecified atom stereocenters. The lowest BCUT2D eigenvalue weighted by atomic mass is 10.1. The summed E-state index contributed by atoms with van der Waals surface area (Å²) in [6.45, 7) is 2.82. The van der Waals surface area contributed by atoms with E-state index >= 15 is 0 Å². The molecule has 25 heavy (non-hydrogen) atoms. The van der Waals surface area contributed by atoms with Crippen LogP contribution in [0.1, 0.15) is 24.5 Å². The average molecular weight is 340 g/mol. The third kappa shape index (κ3) is 3.60. The second-order valence-electron chi connectivity index (χ2n) is 6.43. The third-order valence-corrected chi connectivity index (χ3v) is 4.77. The first kappa shape index (κ1) is 17.3. The highest BCUT2D eigenvalue weighted by Gasteiger charge is 2.29. The van der Waals surface area contributed by atoms with Crippen LogP contribution in [0.25, 0.3) is 0 Å². The van der Waals surface area contributed by atoms with Crippen LogP contribution in [0, 0.1) is 0 Å². The number of carbonyl (C=O) groups is 1. The Morgan fingerprint density at radius 1 is 1.20 bits per heavy atom. The van der Waals surface area contributed by atoms with E-state index in [1.165, 1.54) is 22.8 Å². The van der Waals surface area contributed by atoms with Gasteiger partial charge in [0.05, 0.1) is 7.11 Å². The van der Waals surface area contributed by atoms with Crippen LogP contribution in [-0.2, 0) is 24.2 Å². The van der Waals surface area contributed by atoms with Crippen LogP contribution in [0.15, 0.2) is 47.4 Å². The molecule has 1 aromatic carbocycles. The standard InChI is InChI=1S/C20H24N2O3/c1-3-10-22(17-12-15-7-4-5-8-16(15)13-17)19(23)14-21-11-6-9-18(25-2)20(21)24/h4-9,11,17H,3,10,12-14H2,1-2H3. The fourth-order valence-electron chi connectivity index (χ4n) is 3.54. The van der Waals surface area contributed by atoms with Gasteiger partial charge in [-0.1, -0.05) is 31.2 Å². The van der Waals surface area contributed by atoms with Gasteiger partial charge in [0.25, 0.3) is 5.56 Å². The zero-order valence-corrected chi connectivity index (χ0v) is 14.8. The highest BCUT2D eigenvalue weighted by atomic mass is 16.5. The molecule has 3 rings (SSSR count). The van der Waals surface area contributed by atoms with Crippen molar-refractivity contribution in [2.45, 2.75) is 38.8 Å². The zero-order valence-electron chi connectivity index (χ0n) is 14.8. The number of rotatable bonds is 6. The molecule has 0 saturated carbocycles. The van der Waals surface area contributed by atoms with Gasteiger partial charge in [0, 0.05) is 18.8 Å². The summed E-state index contributed by atoms with van der Waals surface area (Å²) in [6.07, 6.45) is 4.30. The summed E-state index contributed by atoms with van der Waals surface area (Å²) in [5.41, 5.74) is 2.37. The molecule has 0 saturated heterocycles. The van der Waals surface area contributed by atoms with Crippen LogP contribution in [0.5, 0.6) is 5.75 Å². The topological polar surface area (TPSA) is 51.5 Å². The lowest BCUT2D eigenvalue weighted by molar-refractivity contribution is -0.134. The van der Waals surface area contributed by atoms with Gasteiger partial charge in [-0.2, -0.15) is 0 Å². The smallest absolute Gasteiger partial charge is 0.293 e. The number of amides is 1. The first-order chi connectivity index (χ1) is 12.1. The van der Waals surface area contributed by atoms with Crippen molar-refractivity contribution in [3.8, 4) is 5.75 Å². The second-order valence-corrected chi connectivity index (χ2v) is 6.43. The number of hydrogen-bond acceptors (Lipinski definition) is 3. The fraction of sp³-hybridized carbons (Fsp3) is 0.400. The molecule has 0 fully saturated rings. The quantitative estimate of drug-likeness (QED) is 0.810. The summed E-state index contributed by atoms with van der Waals surface area (Å²) in [5, 5.41) is 0. The van der Waals surface area contributed by atoms with Gasteiger partial charge in [-0.05, 0) is 42.5 Å². The van der Waals surface area contributed by atoms with Gasteiger partial charge in [-0.3, -0.25) is 9.59 Å². The van der Waals surface area contributed by atoms with Gasteiger partial charge in [-0.15, -0.1) is 0 Å². The largest absolute Gasteiger partial charge is 0.491 e. The molecule has 132 valence electrons. The SMILES string of the molecule is CCCN(C(=O)Cn1cccc(OC)c1=O)C1Cc2ccccc2C1. The summed E-state index contributed by atoms with van der Waals surface area (Å²) >= 11 is 0. The number of nitrogens with zero attached hydrogens (tertiary/aromatic N) is 2. The van der Waals surface area contributed by atoms with E-state index in [2.05, 4.69) is 19.1 Å². The maximum absolute atomic E-state index is 12.9. The molecule has 1 aromatic heterocycles.